The van der Waals surface area contributed by atoms with E-state index < -0.39 is 21.7 Å². The minimum Gasteiger partial charge on any atom is -0.326 e. The summed E-state index contributed by atoms with van der Waals surface area (Å²) in [4.78, 5) is 23.5. The lowest BCUT2D eigenvalue weighted by Gasteiger charge is -2.10. The number of hydrogen-bond acceptors (Lipinski definition) is 5. The van der Waals surface area contributed by atoms with Gasteiger partial charge in [0.1, 0.15) is 10.0 Å². The van der Waals surface area contributed by atoms with Crippen LogP contribution in [-0.2, 0) is 14.8 Å². The summed E-state index contributed by atoms with van der Waals surface area (Å²) in [5.41, 5.74) is 0.735. The summed E-state index contributed by atoms with van der Waals surface area (Å²) in [6.07, 6.45) is 0. The molecule has 0 radical (unpaired) electrons. The molecular formula is C19H16FN3O4S2. The van der Waals surface area contributed by atoms with Crippen LogP contribution in [0.4, 0.5) is 21.5 Å². The number of rotatable bonds is 6. The molecule has 2 aromatic carbocycles. The van der Waals surface area contributed by atoms with E-state index in [1.165, 1.54) is 49.4 Å². The molecule has 3 aromatic rings. The summed E-state index contributed by atoms with van der Waals surface area (Å²) in [7, 11) is -3.69. The summed E-state index contributed by atoms with van der Waals surface area (Å²) in [5.74, 6) is -1.57. The molecule has 1 heterocycles. The molecule has 0 saturated heterocycles. The fourth-order valence-electron chi connectivity index (χ4n) is 2.41. The number of sulfonamides is 1. The Morgan fingerprint density at radius 3 is 2.28 bits per heavy atom. The number of amides is 2. The van der Waals surface area contributed by atoms with Crippen LogP contribution in [0.3, 0.4) is 0 Å². The summed E-state index contributed by atoms with van der Waals surface area (Å²) in [5, 5.41) is 6.59. The maximum Gasteiger partial charge on any atom is 0.271 e. The second-order valence-corrected chi connectivity index (χ2v) is 8.80. The zero-order valence-electron chi connectivity index (χ0n) is 15.1. The maximum atomic E-state index is 14.0. The van der Waals surface area contributed by atoms with E-state index in [-0.39, 0.29) is 27.1 Å². The van der Waals surface area contributed by atoms with Gasteiger partial charge in [-0.3, -0.25) is 14.3 Å². The molecule has 0 spiro atoms. The van der Waals surface area contributed by atoms with Crippen LogP contribution < -0.4 is 15.4 Å². The molecule has 10 heteroatoms. The molecule has 0 atom stereocenters. The Hall–Kier alpha value is -3.24. The van der Waals surface area contributed by atoms with Crippen LogP contribution in [0.25, 0.3) is 0 Å². The van der Waals surface area contributed by atoms with Crippen LogP contribution >= 0.6 is 11.3 Å². The smallest absolute Gasteiger partial charge is 0.271 e. The molecule has 0 aliphatic carbocycles. The van der Waals surface area contributed by atoms with Crippen molar-refractivity contribution >= 4 is 50.2 Å². The monoisotopic (exact) mass is 433 g/mol. The van der Waals surface area contributed by atoms with Gasteiger partial charge in [0.2, 0.25) is 5.91 Å². The number of hydrogen-bond donors (Lipinski definition) is 3. The van der Waals surface area contributed by atoms with E-state index >= 15 is 0 Å². The highest BCUT2D eigenvalue weighted by Crippen LogP contribution is 2.22. The van der Waals surface area contributed by atoms with Crippen LogP contribution in [0.2, 0.25) is 0 Å². The maximum absolute atomic E-state index is 14.0. The van der Waals surface area contributed by atoms with E-state index in [1.54, 1.807) is 11.4 Å². The van der Waals surface area contributed by atoms with Crippen LogP contribution in [0.15, 0.2) is 64.2 Å². The van der Waals surface area contributed by atoms with Gasteiger partial charge in [0, 0.05) is 23.9 Å². The second kappa shape index (κ2) is 8.41. The van der Waals surface area contributed by atoms with Gasteiger partial charge < -0.3 is 10.6 Å². The van der Waals surface area contributed by atoms with E-state index in [2.05, 4.69) is 15.4 Å². The average Bonchev–Trinajstić information content (AvgIpc) is 3.20. The molecule has 29 heavy (non-hydrogen) atoms. The van der Waals surface area contributed by atoms with Gasteiger partial charge in [-0.2, -0.15) is 0 Å². The molecule has 3 N–H and O–H groups in total. The third-order valence-electron chi connectivity index (χ3n) is 3.69. The molecule has 0 unspecified atom stereocenters. The van der Waals surface area contributed by atoms with E-state index in [9.17, 15) is 22.4 Å². The molecule has 2 amide bonds. The van der Waals surface area contributed by atoms with Crippen LogP contribution in [0, 0.1) is 5.82 Å². The summed E-state index contributed by atoms with van der Waals surface area (Å²) in [6, 6.07) is 12.6. The third kappa shape index (κ3) is 5.18. The van der Waals surface area contributed by atoms with Crippen molar-refractivity contribution in [2.24, 2.45) is 0 Å². The first-order valence-electron chi connectivity index (χ1n) is 8.29. The van der Waals surface area contributed by atoms with Crippen LogP contribution in [0.5, 0.6) is 0 Å². The average molecular weight is 433 g/mol. The molecule has 1 aromatic heterocycles. The minimum atomic E-state index is -3.69. The first-order chi connectivity index (χ1) is 13.7. The summed E-state index contributed by atoms with van der Waals surface area (Å²) >= 11 is 1.09. The Morgan fingerprint density at radius 1 is 0.966 bits per heavy atom. The Balaban J connectivity index is 1.72. The molecule has 0 saturated carbocycles. The second-order valence-electron chi connectivity index (χ2n) is 5.94. The largest absolute Gasteiger partial charge is 0.326 e. The highest BCUT2D eigenvalue weighted by Gasteiger charge is 2.16. The van der Waals surface area contributed by atoms with E-state index in [0.29, 0.717) is 5.69 Å². The number of carbonyl (C=O) groups is 2. The van der Waals surface area contributed by atoms with Crippen molar-refractivity contribution in [1.29, 1.82) is 0 Å². The SMILES string of the molecule is CC(=O)Nc1ccc(F)c(NC(=O)c2ccc(NS(=O)(=O)c3cccs3)cc2)c1. The fraction of sp³-hybridized carbons (Fsp3) is 0.0526. The minimum absolute atomic E-state index is 0.0938. The summed E-state index contributed by atoms with van der Waals surface area (Å²) < 4.78 is 41.0. The Kier molecular flexibility index (Phi) is 5.95. The lowest BCUT2D eigenvalue weighted by atomic mass is 10.2. The Bertz CT molecular complexity index is 1140. The number of benzene rings is 2. The van der Waals surface area contributed by atoms with Gasteiger partial charge >= 0.3 is 0 Å². The lowest BCUT2D eigenvalue weighted by molar-refractivity contribution is -0.114. The van der Waals surface area contributed by atoms with Gasteiger partial charge in [-0.25, -0.2) is 12.8 Å². The van der Waals surface area contributed by atoms with Gasteiger partial charge in [-0.05, 0) is 53.9 Å². The zero-order chi connectivity index (χ0) is 21.0. The molecule has 150 valence electrons. The van der Waals surface area contributed by atoms with Crippen molar-refractivity contribution in [3.8, 4) is 0 Å². The van der Waals surface area contributed by atoms with Crippen molar-refractivity contribution < 1.29 is 22.4 Å². The van der Waals surface area contributed by atoms with Crippen molar-refractivity contribution in [1.82, 2.24) is 0 Å². The van der Waals surface area contributed by atoms with Crippen molar-refractivity contribution in [3.63, 3.8) is 0 Å². The summed E-state index contributed by atoms with van der Waals surface area (Å²) in [6.45, 7) is 1.32. The molecular weight excluding hydrogens is 417 g/mol. The topological polar surface area (TPSA) is 104 Å². The standard InChI is InChI=1S/C19H16FN3O4S2/c1-12(24)21-15-8-9-16(20)17(11-15)22-19(25)13-4-6-14(7-5-13)23-29(26,27)18-3-2-10-28-18/h2-11,23H,1H3,(H,21,24)(H,22,25). The fourth-order valence-corrected chi connectivity index (χ4v) is 4.46. The highest BCUT2D eigenvalue weighted by molar-refractivity contribution is 7.94. The first-order valence-corrected chi connectivity index (χ1v) is 10.7. The third-order valence-corrected chi connectivity index (χ3v) is 6.47. The number of halogens is 1. The van der Waals surface area contributed by atoms with Gasteiger partial charge in [0.15, 0.2) is 0 Å². The van der Waals surface area contributed by atoms with Crippen LogP contribution in [0.1, 0.15) is 17.3 Å². The van der Waals surface area contributed by atoms with Gasteiger partial charge in [-0.15, -0.1) is 11.3 Å². The molecule has 0 aliphatic rings. The lowest BCUT2D eigenvalue weighted by Crippen LogP contribution is -2.14. The van der Waals surface area contributed by atoms with Gasteiger partial charge in [-0.1, -0.05) is 6.07 Å². The molecule has 7 nitrogen and oxygen atoms in total. The molecule has 0 fully saturated rings. The molecule has 0 aliphatic heterocycles. The van der Waals surface area contributed by atoms with Crippen molar-refractivity contribution in [2.45, 2.75) is 11.1 Å². The molecule has 0 bridgehead atoms. The van der Waals surface area contributed by atoms with E-state index in [1.807, 2.05) is 0 Å². The number of thiophene rings is 1. The Morgan fingerprint density at radius 2 is 1.66 bits per heavy atom. The van der Waals surface area contributed by atoms with Crippen molar-refractivity contribution in [2.75, 3.05) is 15.4 Å². The first kappa shape index (κ1) is 20.5. The number of carbonyl (C=O) groups excluding carboxylic acids is 2. The Labute approximate surface area is 170 Å². The quantitative estimate of drug-likeness (QED) is 0.548. The van der Waals surface area contributed by atoms with Crippen molar-refractivity contribution in [3.05, 3.63) is 71.4 Å². The highest BCUT2D eigenvalue weighted by atomic mass is 32.2. The van der Waals surface area contributed by atoms with Crippen LogP contribution in [-0.4, -0.2) is 20.2 Å². The van der Waals surface area contributed by atoms with Gasteiger partial charge in [0.05, 0.1) is 5.69 Å². The van der Waals surface area contributed by atoms with E-state index in [4.69, 9.17) is 0 Å². The number of nitrogens with one attached hydrogen (secondary N) is 3. The van der Waals surface area contributed by atoms with Gasteiger partial charge in [0.25, 0.3) is 15.9 Å². The van der Waals surface area contributed by atoms with E-state index in [0.717, 1.165) is 17.4 Å². The predicted molar refractivity (Wildman–Crippen MR) is 110 cm³/mol. The number of anilines is 3. The molecule has 3 rings (SSSR count). The normalized spacial score (nSPS) is 11.0. The predicted octanol–water partition coefficient (Wildman–Crippen LogP) is 3.90. The zero-order valence-corrected chi connectivity index (χ0v) is 16.7.